The van der Waals surface area contributed by atoms with Crippen LogP contribution in [0, 0.1) is 0 Å². The van der Waals surface area contributed by atoms with E-state index in [-0.39, 0.29) is 0 Å². The zero-order valence-corrected chi connectivity index (χ0v) is 14.6. The summed E-state index contributed by atoms with van der Waals surface area (Å²) in [7, 11) is 4.82. The molecular weight excluding hydrogens is 326 g/mol. The smallest absolute Gasteiger partial charge is 0.204 e. The summed E-state index contributed by atoms with van der Waals surface area (Å²) in [6.07, 6.45) is 4.38. The third-order valence-electron chi connectivity index (χ3n) is 3.96. The number of hydrogen-bond donors (Lipinski definition) is 0. The molecule has 0 saturated heterocycles. The van der Waals surface area contributed by atoms with Crippen LogP contribution in [0.15, 0.2) is 42.7 Å². The van der Waals surface area contributed by atoms with Gasteiger partial charge >= 0.3 is 0 Å². The monoisotopic (exact) mass is 343 g/mol. The van der Waals surface area contributed by atoms with Gasteiger partial charge < -0.3 is 14.2 Å². The summed E-state index contributed by atoms with van der Waals surface area (Å²) in [4.78, 5) is 4.36. The molecule has 2 aromatic carbocycles. The Bertz CT molecular complexity index is 863. The molecule has 1 aromatic heterocycles. The number of pyridine rings is 1. The van der Waals surface area contributed by atoms with E-state index < -0.39 is 0 Å². The second kappa shape index (κ2) is 6.97. The molecule has 0 unspecified atom stereocenters. The molecular formula is C19H18ClNO3. The van der Waals surface area contributed by atoms with Crippen LogP contribution in [-0.4, -0.2) is 26.3 Å². The lowest BCUT2D eigenvalue weighted by atomic mass is 10.00. The number of methoxy groups -OCH3 is 3. The van der Waals surface area contributed by atoms with Crippen molar-refractivity contribution < 1.29 is 14.2 Å². The molecule has 3 aromatic rings. The fourth-order valence-electron chi connectivity index (χ4n) is 2.81. The van der Waals surface area contributed by atoms with Gasteiger partial charge in [0.25, 0.3) is 0 Å². The van der Waals surface area contributed by atoms with Crippen LogP contribution in [0.1, 0.15) is 11.1 Å². The second-order valence-electron chi connectivity index (χ2n) is 5.34. The summed E-state index contributed by atoms with van der Waals surface area (Å²) in [6.45, 7) is 0. The molecule has 0 N–H and O–H groups in total. The minimum Gasteiger partial charge on any atom is -0.493 e. The number of halogens is 1. The lowest BCUT2D eigenvalue weighted by molar-refractivity contribution is 0.327. The average molecular weight is 344 g/mol. The number of fused-ring (bicyclic) bond motifs is 1. The molecule has 0 amide bonds. The maximum Gasteiger partial charge on any atom is 0.204 e. The van der Waals surface area contributed by atoms with Crippen LogP contribution in [0.25, 0.3) is 10.8 Å². The summed E-state index contributed by atoms with van der Waals surface area (Å²) < 4.78 is 16.5. The fourth-order valence-corrected chi connectivity index (χ4v) is 2.93. The first kappa shape index (κ1) is 16.4. The quantitative estimate of drug-likeness (QED) is 0.683. The number of ether oxygens (including phenoxy) is 3. The van der Waals surface area contributed by atoms with Crippen LogP contribution in [0.2, 0.25) is 5.02 Å². The van der Waals surface area contributed by atoms with Gasteiger partial charge in [0.2, 0.25) is 5.75 Å². The number of rotatable bonds is 5. The highest BCUT2D eigenvalue weighted by Crippen LogP contribution is 2.44. The Hall–Kier alpha value is -2.46. The van der Waals surface area contributed by atoms with E-state index in [0.717, 1.165) is 33.3 Å². The maximum atomic E-state index is 5.96. The van der Waals surface area contributed by atoms with Crippen molar-refractivity contribution in [2.24, 2.45) is 0 Å². The Kier molecular flexibility index (Phi) is 4.76. The number of benzene rings is 2. The molecule has 0 aliphatic rings. The first-order valence-corrected chi connectivity index (χ1v) is 7.85. The highest BCUT2D eigenvalue weighted by Gasteiger charge is 2.18. The molecule has 0 atom stereocenters. The Morgan fingerprint density at radius 2 is 1.58 bits per heavy atom. The van der Waals surface area contributed by atoms with Gasteiger partial charge in [-0.15, -0.1) is 0 Å². The molecule has 5 heteroatoms. The molecule has 0 fully saturated rings. The van der Waals surface area contributed by atoms with Gasteiger partial charge in [0, 0.05) is 22.8 Å². The SMILES string of the molecule is COc1cc2c(Cc3ccc(Cl)cc3)cncc2c(OC)c1OC. The van der Waals surface area contributed by atoms with E-state index in [1.54, 1.807) is 27.5 Å². The minimum absolute atomic E-state index is 0.568. The molecule has 3 rings (SSSR count). The van der Waals surface area contributed by atoms with Crippen molar-refractivity contribution in [3.05, 3.63) is 58.9 Å². The molecule has 1 heterocycles. The van der Waals surface area contributed by atoms with Gasteiger partial charge in [-0.2, -0.15) is 0 Å². The normalized spacial score (nSPS) is 10.7. The molecule has 0 radical (unpaired) electrons. The van der Waals surface area contributed by atoms with Crippen molar-refractivity contribution >= 4 is 22.4 Å². The molecule has 0 aliphatic heterocycles. The van der Waals surface area contributed by atoms with Crippen LogP contribution in [0.5, 0.6) is 17.2 Å². The molecule has 124 valence electrons. The molecule has 4 nitrogen and oxygen atoms in total. The van der Waals surface area contributed by atoms with Gasteiger partial charge in [-0.1, -0.05) is 23.7 Å². The fraction of sp³-hybridized carbons (Fsp3) is 0.211. The van der Waals surface area contributed by atoms with E-state index in [9.17, 15) is 0 Å². The predicted octanol–water partition coefficient (Wildman–Crippen LogP) is 4.50. The van der Waals surface area contributed by atoms with E-state index in [4.69, 9.17) is 25.8 Å². The van der Waals surface area contributed by atoms with E-state index in [1.807, 2.05) is 36.5 Å². The van der Waals surface area contributed by atoms with Crippen LogP contribution in [-0.2, 0) is 6.42 Å². The standard InChI is InChI=1S/C19H18ClNO3/c1-22-17-9-15-13(8-12-4-6-14(20)7-5-12)10-21-11-16(15)18(23-2)19(17)24-3/h4-7,9-11H,8H2,1-3H3. The van der Waals surface area contributed by atoms with E-state index >= 15 is 0 Å². The van der Waals surface area contributed by atoms with Crippen molar-refractivity contribution in [2.45, 2.75) is 6.42 Å². The molecule has 0 bridgehead atoms. The summed E-state index contributed by atoms with van der Waals surface area (Å²) in [5, 5.41) is 2.64. The number of hydrogen-bond acceptors (Lipinski definition) is 4. The zero-order valence-electron chi connectivity index (χ0n) is 13.8. The first-order valence-electron chi connectivity index (χ1n) is 7.48. The van der Waals surface area contributed by atoms with E-state index in [0.29, 0.717) is 17.2 Å². The van der Waals surface area contributed by atoms with Crippen LogP contribution >= 0.6 is 11.6 Å². The molecule has 0 aliphatic carbocycles. The van der Waals surface area contributed by atoms with Crippen molar-refractivity contribution in [2.75, 3.05) is 21.3 Å². The van der Waals surface area contributed by atoms with Crippen molar-refractivity contribution in [3.8, 4) is 17.2 Å². The Labute approximate surface area is 145 Å². The molecule has 0 saturated carbocycles. The lowest BCUT2D eigenvalue weighted by Crippen LogP contribution is -1.98. The summed E-state index contributed by atoms with van der Waals surface area (Å²) >= 11 is 5.96. The van der Waals surface area contributed by atoms with Crippen LogP contribution in [0.4, 0.5) is 0 Å². The van der Waals surface area contributed by atoms with Crippen LogP contribution in [0.3, 0.4) is 0 Å². The number of nitrogens with zero attached hydrogens (tertiary/aromatic N) is 1. The second-order valence-corrected chi connectivity index (χ2v) is 5.78. The van der Waals surface area contributed by atoms with E-state index in [2.05, 4.69) is 4.98 Å². The highest BCUT2D eigenvalue weighted by atomic mass is 35.5. The topological polar surface area (TPSA) is 40.6 Å². The Morgan fingerprint density at radius 1 is 0.875 bits per heavy atom. The number of aromatic nitrogens is 1. The van der Waals surface area contributed by atoms with Gasteiger partial charge in [0.05, 0.1) is 21.3 Å². The zero-order chi connectivity index (χ0) is 17.1. The predicted molar refractivity (Wildman–Crippen MR) is 95.7 cm³/mol. The van der Waals surface area contributed by atoms with Gasteiger partial charge in [0.15, 0.2) is 11.5 Å². The third-order valence-corrected chi connectivity index (χ3v) is 4.21. The van der Waals surface area contributed by atoms with Gasteiger partial charge in [0.1, 0.15) is 0 Å². The largest absolute Gasteiger partial charge is 0.493 e. The van der Waals surface area contributed by atoms with E-state index in [1.165, 1.54) is 0 Å². The lowest BCUT2D eigenvalue weighted by Gasteiger charge is -2.16. The Balaban J connectivity index is 2.17. The first-order chi connectivity index (χ1) is 11.7. The van der Waals surface area contributed by atoms with Gasteiger partial charge in [-0.05, 0) is 41.1 Å². The molecule has 24 heavy (non-hydrogen) atoms. The minimum atomic E-state index is 0.568. The third kappa shape index (κ3) is 2.97. The van der Waals surface area contributed by atoms with Crippen molar-refractivity contribution in [1.82, 2.24) is 4.98 Å². The van der Waals surface area contributed by atoms with Crippen molar-refractivity contribution in [3.63, 3.8) is 0 Å². The Morgan fingerprint density at radius 3 is 2.21 bits per heavy atom. The highest BCUT2D eigenvalue weighted by molar-refractivity contribution is 6.30. The van der Waals surface area contributed by atoms with Crippen molar-refractivity contribution in [1.29, 1.82) is 0 Å². The van der Waals surface area contributed by atoms with Gasteiger partial charge in [-0.25, -0.2) is 0 Å². The summed E-state index contributed by atoms with van der Waals surface area (Å²) in [5.41, 5.74) is 2.23. The summed E-state index contributed by atoms with van der Waals surface area (Å²) in [6, 6.07) is 9.77. The average Bonchev–Trinajstić information content (AvgIpc) is 2.62. The van der Waals surface area contributed by atoms with Gasteiger partial charge in [-0.3, -0.25) is 4.98 Å². The maximum absolute atomic E-state index is 5.96. The molecule has 0 spiro atoms. The summed E-state index contributed by atoms with van der Waals surface area (Å²) in [5.74, 6) is 1.82. The van der Waals surface area contributed by atoms with Crippen LogP contribution < -0.4 is 14.2 Å².